The zero-order chi connectivity index (χ0) is 20.2. The van der Waals surface area contributed by atoms with Crippen molar-refractivity contribution >= 4 is 28.9 Å². The van der Waals surface area contributed by atoms with Crippen LogP contribution in [0.5, 0.6) is 11.5 Å². The number of aromatic nitrogens is 1. The minimum absolute atomic E-state index is 0.155. The molecule has 1 amide bonds. The number of aryl methyl sites for hydroxylation is 1. The first-order valence-corrected chi connectivity index (χ1v) is 9.92. The Morgan fingerprint density at radius 2 is 1.93 bits per heavy atom. The molecule has 148 valence electrons. The molecule has 2 aromatic carbocycles. The lowest BCUT2D eigenvalue weighted by Crippen LogP contribution is -2.21. The number of hydrogen-bond donors (Lipinski definition) is 1. The lowest BCUT2D eigenvalue weighted by atomic mass is 10.1. The van der Waals surface area contributed by atoms with Crippen LogP contribution in [0.4, 0.5) is 5.69 Å². The number of nitrogens with zero attached hydrogens (tertiary/aromatic N) is 1. The summed E-state index contributed by atoms with van der Waals surface area (Å²) in [4.78, 5) is 28.6. The van der Waals surface area contributed by atoms with Crippen LogP contribution in [0.1, 0.15) is 23.0 Å². The lowest BCUT2D eigenvalue weighted by molar-refractivity contribution is -0.119. The third-order valence-electron chi connectivity index (χ3n) is 4.31. The second-order valence-corrected chi connectivity index (χ2v) is 7.14. The minimum Gasteiger partial charge on any atom is -0.454 e. The maximum absolute atomic E-state index is 12.2. The highest BCUT2D eigenvalue weighted by molar-refractivity contribution is 7.13. The number of hydrogen-bond acceptors (Lipinski definition) is 7. The van der Waals surface area contributed by atoms with Crippen molar-refractivity contribution in [3.8, 4) is 22.1 Å². The van der Waals surface area contributed by atoms with Crippen molar-refractivity contribution < 1.29 is 23.8 Å². The zero-order valence-electron chi connectivity index (χ0n) is 15.6. The molecule has 0 saturated carbocycles. The standard InChI is InChI=1S/C21H18N2O5S/c1-2-13-3-5-14(6-4-13)20-23-16(11-29-20)21(25)26-10-19(24)22-15-7-8-17-18(9-15)28-12-27-17/h3-9,11H,2,10,12H2,1H3,(H,22,24). The average molecular weight is 410 g/mol. The highest BCUT2D eigenvalue weighted by atomic mass is 32.1. The van der Waals surface area contributed by atoms with E-state index < -0.39 is 18.5 Å². The number of thiazole rings is 1. The Hall–Kier alpha value is -3.39. The Labute approximate surface area is 171 Å². The Morgan fingerprint density at radius 3 is 2.72 bits per heavy atom. The van der Waals surface area contributed by atoms with E-state index in [0.29, 0.717) is 17.2 Å². The molecule has 0 fully saturated rings. The van der Waals surface area contributed by atoms with Crippen molar-refractivity contribution in [2.75, 3.05) is 18.7 Å². The first kappa shape index (κ1) is 18.9. The number of nitrogens with one attached hydrogen (secondary N) is 1. The predicted molar refractivity (Wildman–Crippen MR) is 108 cm³/mol. The number of benzene rings is 2. The molecule has 29 heavy (non-hydrogen) atoms. The highest BCUT2D eigenvalue weighted by Gasteiger charge is 2.17. The van der Waals surface area contributed by atoms with Gasteiger partial charge in [0.05, 0.1) is 0 Å². The maximum atomic E-state index is 12.2. The van der Waals surface area contributed by atoms with Crippen LogP contribution >= 0.6 is 11.3 Å². The van der Waals surface area contributed by atoms with E-state index in [1.807, 2.05) is 24.3 Å². The fourth-order valence-corrected chi connectivity index (χ4v) is 3.55. The summed E-state index contributed by atoms with van der Waals surface area (Å²) in [7, 11) is 0. The van der Waals surface area contributed by atoms with Gasteiger partial charge in [0.15, 0.2) is 23.8 Å². The second-order valence-electron chi connectivity index (χ2n) is 6.28. The quantitative estimate of drug-likeness (QED) is 0.621. The van der Waals surface area contributed by atoms with E-state index in [1.54, 1.807) is 23.6 Å². The van der Waals surface area contributed by atoms with Crippen LogP contribution in [0.25, 0.3) is 10.6 Å². The molecule has 0 saturated heterocycles. The Morgan fingerprint density at radius 1 is 1.14 bits per heavy atom. The van der Waals surface area contributed by atoms with E-state index in [-0.39, 0.29) is 12.5 Å². The first-order valence-electron chi connectivity index (χ1n) is 9.04. The van der Waals surface area contributed by atoms with Crippen molar-refractivity contribution in [3.63, 3.8) is 0 Å². The van der Waals surface area contributed by atoms with Crippen LogP contribution in [0, 0.1) is 0 Å². The van der Waals surface area contributed by atoms with Crippen LogP contribution in [-0.4, -0.2) is 30.3 Å². The van der Waals surface area contributed by atoms with Crippen molar-refractivity contribution in [2.45, 2.75) is 13.3 Å². The number of carbonyl (C=O) groups excluding carboxylic acids is 2. The second kappa shape index (κ2) is 8.32. The molecule has 3 aromatic rings. The number of rotatable bonds is 6. The molecule has 0 bridgehead atoms. The van der Waals surface area contributed by atoms with E-state index in [0.717, 1.165) is 17.0 Å². The summed E-state index contributed by atoms with van der Waals surface area (Å²) in [5.74, 6) is 0.0844. The van der Waals surface area contributed by atoms with Crippen molar-refractivity contribution in [1.82, 2.24) is 4.98 Å². The molecule has 1 N–H and O–H groups in total. The van der Waals surface area contributed by atoms with Gasteiger partial charge in [0.25, 0.3) is 5.91 Å². The lowest BCUT2D eigenvalue weighted by Gasteiger charge is -2.06. The SMILES string of the molecule is CCc1ccc(-c2nc(C(=O)OCC(=O)Nc3ccc4c(c3)OCO4)cs2)cc1. The van der Waals surface area contributed by atoms with Crippen molar-refractivity contribution in [2.24, 2.45) is 0 Å². The topological polar surface area (TPSA) is 86.8 Å². The number of carbonyl (C=O) groups is 2. The number of esters is 1. The van der Waals surface area contributed by atoms with Gasteiger partial charge in [-0.05, 0) is 24.1 Å². The molecule has 2 heterocycles. The molecular formula is C21H18N2O5S. The Bertz CT molecular complexity index is 1050. The molecule has 8 heteroatoms. The van der Waals surface area contributed by atoms with Crippen LogP contribution < -0.4 is 14.8 Å². The van der Waals surface area contributed by atoms with Gasteiger partial charge in [-0.1, -0.05) is 31.2 Å². The van der Waals surface area contributed by atoms with Gasteiger partial charge in [0, 0.05) is 22.7 Å². The van der Waals surface area contributed by atoms with Crippen LogP contribution in [0.3, 0.4) is 0 Å². The van der Waals surface area contributed by atoms with Crippen molar-refractivity contribution in [1.29, 1.82) is 0 Å². The summed E-state index contributed by atoms with van der Waals surface area (Å²) in [6, 6.07) is 13.1. The average Bonchev–Trinajstić information content (AvgIpc) is 3.41. The molecule has 1 aromatic heterocycles. The molecule has 4 rings (SSSR count). The smallest absolute Gasteiger partial charge is 0.358 e. The number of ether oxygens (including phenoxy) is 3. The predicted octanol–water partition coefficient (Wildman–Crippen LogP) is 3.90. The summed E-state index contributed by atoms with van der Waals surface area (Å²) in [5, 5.41) is 5.00. The third kappa shape index (κ3) is 4.38. The number of fused-ring (bicyclic) bond motifs is 1. The molecule has 0 atom stereocenters. The molecule has 0 spiro atoms. The van der Waals surface area contributed by atoms with E-state index >= 15 is 0 Å². The van der Waals surface area contributed by atoms with Crippen LogP contribution in [0.15, 0.2) is 47.8 Å². The van der Waals surface area contributed by atoms with Gasteiger partial charge >= 0.3 is 5.97 Å². The summed E-state index contributed by atoms with van der Waals surface area (Å²) in [5.41, 5.74) is 2.88. The minimum atomic E-state index is -0.640. The van der Waals surface area contributed by atoms with Crippen molar-refractivity contribution in [3.05, 3.63) is 59.1 Å². The zero-order valence-corrected chi connectivity index (χ0v) is 16.5. The highest BCUT2D eigenvalue weighted by Crippen LogP contribution is 2.34. The van der Waals surface area contributed by atoms with Crippen LogP contribution in [0.2, 0.25) is 0 Å². The van der Waals surface area contributed by atoms with Gasteiger partial charge in [-0.15, -0.1) is 11.3 Å². The monoisotopic (exact) mass is 410 g/mol. The van der Waals surface area contributed by atoms with Gasteiger partial charge in [-0.2, -0.15) is 0 Å². The number of anilines is 1. The van der Waals surface area contributed by atoms with E-state index in [9.17, 15) is 9.59 Å². The largest absolute Gasteiger partial charge is 0.454 e. The fraction of sp³-hybridized carbons (Fsp3) is 0.190. The Kier molecular flexibility index (Phi) is 5.44. The molecule has 1 aliphatic rings. The van der Waals surface area contributed by atoms with E-state index in [2.05, 4.69) is 17.2 Å². The Balaban J connectivity index is 1.32. The molecule has 0 radical (unpaired) electrons. The van der Waals surface area contributed by atoms with Gasteiger partial charge in [0.1, 0.15) is 5.01 Å². The van der Waals surface area contributed by atoms with E-state index in [1.165, 1.54) is 16.9 Å². The molecule has 7 nitrogen and oxygen atoms in total. The normalized spacial score (nSPS) is 11.9. The number of amides is 1. The summed E-state index contributed by atoms with van der Waals surface area (Å²) >= 11 is 1.35. The van der Waals surface area contributed by atoms with Gasteiger partial charge in [-0.25, -0.2) is 9.78 Å². The molecule has 0 aliphatic carbocycles. The molecule has 0 unspecified atom stereocenters. The molecular weight excluding hydrogens is 392 g/mol. The summed E-state index contributed by atoms with van der Waals surface area (Å²) in [6.07, 6.45) is 0.962. The summed E-state index contributed by atoms with van der Waals surface area (Å²) < 4.78 is 15.6. The maximum Gasteiger partial charge on any atom is 0.358 e. The first-order chi connectivity index (χ1) is 14.1. The van der Waals surface area contributed by atoms with Gasteiger partial charge in [0.2, 0.25) is 6.79 Å². The molecule has 1 aliphatic heterocycles. The van der Waals surface area contributed by atoms with Crippen LogP contribution in [-0.2, 0) is 16.0 Å². The van der Waals surface area contributed by atoms with E-state index in [4.69, 9.17) is 14.2 Å². The fourth-order valence-electron chi connectivity index (χ4n) is 2.76. The van der Waals surface area contributed by atoms with Gasteiger partial charge < -0.3 is 19.5 Å². The third-order valence-corrected chi connectivity index (χ3v) is 5.20. The summed E-state index contributed by atoms with van der Waals surface area (Å²) in [6.45, 7) is 1.84. The van der Waals surface area contributed by atoms with Gasteiger partial charge in [-0.3, -0.25) is 4.79 Å².